The van der Waals surface area contributed by atoms with Gasteiger partial charge in [0.1, 0.15) is 0 Å². The first-order valence-corrected chi connectivity index (χ1v) is 19.0. The zero-order chi connectivity index (χ0) is 36.1. The SMILES string of the molecule is CC/C(C)=C/CC/C(C)=C/CC1C(O)C=CC(O)C1CC.CCCOC1C=CC(=O)C(C)C1C/C=C(\C)CC/C=C(\C)CCC=C(C)C. The Morgan fingerprint density at radius 2 is 1.19 bits per heavy atom. The van der Waals surface area contributed by atoms with Crippen LogP contribution in [0.3, 0.4) is 0 Å². The second kappa shape index (κ2) is 24.8. The molecule has 272 valence electrons. The number of hydrogen-bond acceptors (Lipinski definition) is 4. The van der Waals surface area contributed by atoms with Crippen molar-refractivity contribution in [2.45, 2.75) is 158 Å². The highest BCUT2D eigenvalue weighted by Crippen LogP contribution is 2.32. The van der Waals surface area contributed by atoms with E-state index in [-0.39, 0.29) is 35.6 Å². The van der Waals surface area contributed by atoms with Crippen molar-refractivity contribution in [1.82, 2.24) is 0 Å². The Balaban J connectivity index is 0.000000495. The molecule has 0 spiro atoms. The van der Waals surface area contributed by atoms with E-state index >= 15 is 0 Å². The van der Waals surface area contributed by atoms with Crippen LogP contribution in [-0.4, -0.2) is 40.9 Å². The van der Waals surface area contributed by atoms with Crippen molar-refractivity contribution in [2.75, 3.05) is 6.61 Å². The molecule has 2 rings (SSSR count). The van der Waals surface area contributed by atoms with Crippen molar-refractivity contribution in [3.63, 3.8) is 0 Å². The smallest absolute Gasteiger partial charge is 0.158 e. The molecule has 0 aliphatic heterocycles. The molecule has 0 saturated heterocycles. The van der Waals surface area contributed by atoms with E-state index in [1.165, 1.54) is 27.9 Å². The molecule has 0 fully saturated rings. The van der Waals surface area contributed by atoms with Crippen molar-refractivity contribution in [2.24, 2.45) is 23.7 Å². The number of ketones is 1. The van der Waals surface area contributed by atoms with Gasteiger partial charge in [-0.15, -0.1) is 0 Å². The molecular formula is C44H72O4. The van der Waals surface area contributed by atoms with Crippen LogP contribution in [0.4, 0.5) is 0 Å². The first-order chi connectivity index (χ1) is 22.8. The molecule has 2 aliphatic carbocycles. The average molecular weight is 665 g/mol. The van der Waals surface area contributed by atoms with Gasteiger partial charge in [0.05, 0.1) is 18.3 Å². The number of aliphatic hydroxyl groups is 2. The van der Waals surface area contributed by atoms with E-state index in [9.17, 15) is 15.0 Å². The lowest BCUT2D eigenvalue weighted by Gasteiger charge is -2.34. The number of allylic oxidation sites excluding steroid dienone is 11. The molecule has 2 aliphatic rings. The fourth-order valence-electron chi connectivity index (χ4n) is 6.44. The molecule has 4 nitrogen and oxygen atoms in total. The monoisotopic (exact) mass is 665 g/mol. The zero-order valence-corrected chi connectivity index (χ0v) is 32.4. The standard InChI is InChI=1S/C25H40O2.C19H32O2/c1-7-18-27-25-17-16-24(26)22(6)23(25)15-14-21(5)13-9-12-20(4)11-8-10-19(2)3;1-5-14(3)8-7-9-15(4)10-11-17-16(6-2)18(20)12-13-19(17)21/h10,12,14,16-17,22-23,25H,7-9,11,13,15,18H2,1-6H3;8,10,12-13,16-21H,5-7,9,11H2,1-4H3/b20-12+,21-14+;14-8+,15-10+. The van der Waals surface area contributed by atoms with Gasteiger partial charge in [-0.25, -0.2) is 0 Å². The quantitative estimate of drug-likeness (QED) is 0.143. The van der Waals surface area contributed by atoms with Crippen LogP contribution >= 0.6 is 0 Å². The molecule has 0 heterocycles. The Morgan fingerprint density at radius 1 is 0.688 bits per heavy atom. The zero-order valence-electron chi connectivity index (χ0n) is 32.4. The molecule has 0 radical (unpaired) electrons. The van der Waals surface area contributed by atoms with Crippen LogP contribution in [0.25, 0.3) is 0 Å². The molecule has 7 unspecified atom stereocenters. The summed E-state index contributed by atoms with van der Waals surface area (Å²) in [5.74, 6) is 0.829. The summed E-state index contributed by atoms with van der Waals surface area (Å²) >= 11 is 0. The third-order valence-corrected chi connectivity index (χ3v) is 10.1. The van der Waals surface area contributed by atoms with E-state index in [1.54, 1.807) is 18.2 Å². The van der Waals surface area contributed by atoms with Crippen molar-refractivity contribution >= 4 is 5.78 Å². The molecule has 0 aromatic heterocycles. The first-order valence-electron chi connectivity index (χ1n) is 19.0. The van der Waals surface area contributed by atoms with E-state index in [1.807, 2.05) is 13.0 Å². The maximum atomic E-state index is 12.1. The molecule has 0 saturated carbocycles. The molecular weight excluding hydrogens is 592 g/mol. The Kier molecular flexibility index (Phi) is 22.6. The van der Waals surface area contributed by atoms with E-state index < -0.39 is 12.2 Å². The third kappa shape index (κ3) is 17.4. The minimum Gasteiger partial charge on any atom is -0.389 e. The molecule has 2 N–H and O–H groups in total. The van der Waals surface area contributed by atoms with Gasteiger partial charge in [0.2, 0.25) is 0 Å². The maximum absolute atomic E-state index is 12.1. The first kappa shape index (κ1) is 43.8. The molecule has 0 bridgehead atoms. The maximum Gasteiger partial charge on any atom is 0.158 e. The van der Waals surface area contributed by atoms with Gasteiger partial charge >= 0.3 is 0 Å². The lowest BCUT2D eigenvalue weighted by Crippen LogP contribution is -2.36. The van der Waals surface area contributed by atoms with Gasteiger partial charge in [-0.3, -0.25) is 4.79 Å². The molecule has 0 aromatic carbocycles. The number of rotatable bonds is 18. The Hall–Kier alpha value is -2.27. The van der Waals surface area contributed by atoms with Crippen molar-refractivity contribution in [3.8, 4) is 0 Å². The van der Waals surface area contributed by atoms with Gasteiger partial charge in [0.25, 0.3) is 0 Å². The minimum absolute atomic E-state index is 0.0399. The largest absolute Gasteiger partial charge is 0.389 e. The van der Waals surface area contributed by atoms with E-state index in [0.717, 1.165) is 77.2 Å². The van der Waals surface area contributed by atoms with Gasteiger partial charge < -0.3 is 14.9 Å². The van der Waals surface area contributed by atoms with E-state index in [2.05, 4.69) is 92.7 Å². The van der Waals surface area contributed by atoms with Gasteiger partial charge in [-0.05, 0) is 124 Å². The number of hydrogen-bond donors (Lipinski definition) is 2. The summed E-state index contributed by atoms with van der Waals surface area (Å²) in [4.78, 5) is 12.1. The van der Waals surface area contributed by atoms with E-state index in [4.69, 9.17) is 4.74 Å². The predicted molar refractivity (Wildman–Crippen MR) is 207 cm³/mol. The highest BCUT2D eigenvalue weighted by atomic mass is 16.5. The summed E-state index contributed by atoms with van der Waals surface area (Å²) in [7, 11) is 0. The summed E-state index contributed by atoms with van der Waals surface area (Å²) in [5, 5.41) is 20.2. The second-order valence-corrected chi connectivity index (χ2v) is 14.6. The fraction of sp³-hybridized carbons (Fsp3) is 0.659. The molecule has 0 amide bonds. The lowest BCUT2D eigenvalue weighted by atomic mass is 9.76. The van der Waals surface area contributed by atoms with Crippen LogP contribution in [0.5, 0.6) is 0 Å². The Labute approximate surface area is 295 Å². The normalized spacial score (nSPS) is 26.8. The summed E-state index contributed by atoms with van der Waals surface area (Å²) in [6.45, 7) is 22.3. The van der Waals surface area contributed by atoms with Crippen LogP contribution in [0.15, 0.2) is 82.5 Å². The van der Waals surface area contributed by atoms with Crippen molar-refractivity contribution in [1.29, 1.82) is 0 Å². The highest BCUT2D eigenvalue weighted by Gasteiger charge is 2.33. The molecule has 0 aromatic rings. The summed E-state index contributed by atoms with van der Waals surface area (Å²) in [6.07, 6.45) is 29.4. The van der Waals surface area contributed by atoms with Crippen LogP contribution in [0, 0.1) is 23.7 Å². The van der Waals surface area contributed by atoms with Crippen LogP contribution in [-0.2, 0) is 9.53 Å². The summed E-state index contributed by atoms with van der Waals surface area (Å²) in [6, 6.07) is 0. The summed E-state index contributed by atoms with van der Waals surface area (Å²) < 4.78 is 5.98. The van der Waals surface area contributed by atoms with Crippen LogP contribution in [0.2, 0.25) is 0 Å². The minimum atomic E-state index is -0.426. The predicted octanol–water partition coefficient (Wildman–Crippen LogP) is 11.4. The van der Waals surface area contributed by atoms with Gasteiger partial charge in [-0.2, -0.15) is 0 Å². The summed E-state index contributed by atoms with van der Waals surface area (Å²) in [5.41, 5.74) is 7.11. The number of carbonyl (C=O) groups is 1. The topological polar surface area (TPSA) is 66.8 Å². The highest BCUT2D eigenvalue weighted by molar-refractivity contribution is 5.92. The fourth-order valence-corrected chi connectivity index (χ4v) is 6.44. The molecule has 48 heavy (non-hydrogen) atoms. The van der Waals surface area contributed by atoms with Gasteiger partial charge in [0.15, 0.2) is 5.78 Å². The lowest BCUT2D eigenvalue weighted by molar-refractivity contribution is -0.122. The Bertz CT molecular complexity index is 1140. The number of ether oxygens (including phenoxy) is 1. The third-order valence-electron chi connectivity index (χ3n) is 10.1. The molecule has 4 heteroatoms. The van der Waals surface area contributed by atoms with Crippen molar-refractivity contribution < 1.29 is 19.7 Å². The van der Waals surface area contributed by atoms with Crippen LogP contribution < -0.4 is 0 Å². The number of aliphatic hydroxyl groups excluding tert-OH is 2. The average Bonchev–Trinajstić information content (AvgIpc) is 3.05. The van der Waals surface area contributed by atoms with E-state index in [0.29, 0.717) is 0 Å². The second-order valence-electron chi connectivity index (χ2n) is 14.6. The van der Waals surface area contributed by atoms with Crippen molar-refractivity contribution in [3.05, 3.63) is 82.5 Å². The van der Waals surface area contributed by atoms with Crippen LogP contribution in [0.1, 0.15) is 140 Å². The Morgan fingerprint density at radius 3 is 1.71 bits per heavy atom. The van der Waals surface area contributed by atoms with Gasteiger partial charge in [-0.1, -0.05) is 111 Å². The van der Waals surface area contributed by atoms with Gasteiger partial charge in [0, 0.05) is 18.4 Å². The number of carbonyl (C=O) groups excluding carboxylic acids is 1. The molecule has 7 atom stereocenters.